The number of amides is 1. The van der Waals surface area contributed by atoms with Crippen molar-refractivity contribution < 1.29 is 9.59 Å². The number of nitrogens with two attached hydrogens (primary N) is 1. The van der Waals surface area contributed by atoms with Gasteiger partial charge >= 0.3 is 0 Å². The number of ketones is 1. The van der Waals surface area contributed by atoms with E-state index in [-0.39, 0.29) is 5.78 Å². The van der Waals surface area contributed by atoms with Crippen LogP contribution in [0.1, 0.15) is 38.3 Å². The van der Waals surface area contributed by atoms with Crippen LogP contribution in [-0.4, -0.2) is 28.1 Å². The van der Waals surface area contributed by atoms with Crippen LogP contribution in [0.25, 0.3) is 10.9 Å². The van der Waals surface area contributed by atoms with Gasteiger partial charge in [0.1, 0.15) is 0 Å². The van der Waals surface area contributed by atoms with E-state index in [1.165, 1.54) is 0 Å². The number of Topliss-reactive ketones (excluding diaryl/α,β-unsaturated/α-hetero) is 1. The Labute approximate surface area is 175 Å². The van der Waals surface area contributed by atoms with Crippen LogP contribution in [0.3, 0.4) is 0 Å². The molecule has 0 aliphatic carbocycles. The van der Waals surface area contributed by atoms with E-state index in [0.717, 1.165) is 22.0 Å². The van der Waals surface area contributed by atoms with Crippen LogP contribution >= 0.6 is 0 Å². The largest absolute Gasteiger partial charge is 0.366 e. The molecule has 1 aliphatic rings. The van der Waals surface area contributed by atoms with E-state index in [1.807, 2.05) is 78.7 Å². The van der Waals surface area contributed by atoms with Gasteiger partial charge in [0.25, 0.3) is 0 Å². The molecule has 1 aliphatic heterocycles. The summed E-state index contributed by atoms with van der Waals surface area (Å²) in [5.74, 6) is -0.476. The normalized spacial score (nSPS) is 13.4. The van der Waals surface area contributed by atoms with Crippen LogP contribution in [0.4, 0.5) is 0 Å². The third kappa shape index (κ3) is 3.87. The fourth-order valence-electron chi connectivity index (χ4n) is 3.74. The number of carbonyl (C=O) groups is 2. The van der Waals surface area contributed by atoms with Crippen LogP contribution in [0, 0.1) is 6.92 Å². The van der Waals surface area contributed by atoms with Crippen LogP contribution < -0.4 is 5.73 Å². The quantitative estimate of drug-likeness (QED) is 0.634. The highest BCUT2D eigenvalue weighted by Gasteiger charge is 2.20. The maximum Gasteiger partial charge on any atom is 0.249 e. The molecule has 1 amide bonds. The summed E-state index contributed by atoms with van der Waals surface area (Å²) in [6, 6.07) is 15.1. The first-order valence-corrected chi connectivity index (χ1v) is 9.96. The Hall–Kier alpha value is -3.73. The molecule has 0 unspecified atom stereocenters. The number of rotatable bonds is 6. The van der Waals surface area contributed by atoms with Gasteiger partial charge in [0.2, 0.25) is 11.7 Å². The molecule has 0 atom stereocenters. The molecule has 0 fully saturated rings. The molecule has 2 heterocycles. The number of hydrogen-bond donors (Lipinski definition) is 1. The molecule has 0 radical (unpaired) electrons. The van der Waals surface area contributed by atoms with Crippen molar-refractivity contribution in [2.45, 2.75) is 19.8 Å². The van der Waals surface area contributed by atoms with Crippen LogP contribution in [0.15, 0.2) is 78.8 Å². The minimum atomic E-state index is -0.468. The zero-order valence-electron chi connectivity index (χ0n) is 16.8. The fraction of sp³-hybridized carbons (Fsp3) is 0.160. The summed E-state index contributed by atoms with van der Waals surface area (Å²) < 4.78 is 0. The van der Waals surface area contributed by atoms with Gasteiger partial charge in [-0.15, -0.1) is 0 Å². The van der Waals surface area contributed by atoms with Gasteiger partial charge in [0.15, 0.2) is 0 Å². The number of primary amides is 1. The van der Waals surface area contributed by atoms with Crippen molar-refractivity contribution in [1.29, 1.82) is 0 Å². The second-order valence-corrected chi connectivity index (χ2v) is 7.39. The Bertz CT molecular complexity index is 1180. The number of pyridine rings is 1. The molecule has 2 aromatic carbocycles. The van der Waals surface area contributed by atoms with E-state index in [4.69, 9.17) is 5.73 Å². The summed E-state index contributed by atoms with van der Waals surface area (Å²) in [6.45, 7) is 2.54. The molecule has 5 heteroatoms. The van der Waals surface area contributed by atoms with Crippen molar-refractivity contribution in [2.75, 3.05) is 6.54 Å². The van der Waals surface area contributed by atoms with Crippen molar-refractivity contribution in [1.82, 2.24) is 9.88 Å². The van der Waals surface area contributed by atoms with E-state index < -0.39 is 5.91 Å². The number of benzene rings is 2. The first kappa shape index (κ1) is 19.6. The predicted octanol–water partition coefficient (Wildman–Crippen LogP) is 4.17. The van der Waals surface area contributed by atoms with Gasteiger partial charge in [0.05, 0.1) is 16.8 Å². The average Bonchev–Trinajstić information content (AvgIpc) is 2.77. The summed E-state index contributed by atoms with van der Waals surface area (Å²) in [5, 5.41) is 0.753. The van der Waals surface area contributed by atoms with E-state index in [1.54, 1.807) is 6.20 Å². The number of hydrogen-bond acceptors (Lipinski definition) is 4. The zero-order chi connectivity index (χ0) is 21.1. The van der Waals surface area contributed by atoms with Gasteiger partial charge in [-0.1, -0.05) is 60.2 Å². The van der Waals surface area contributed by atoms with Gasteiger partial charge in [-0.25, -0.2) is 0 Å². The third-order valence-corrected chi connectivity index (χ3v) is 5.31. The Morgan fingerprint density at radius 1 is 1.10 bits per heavy atom. The lowest BCUT2D eigenvalue weighted by Crippen LogP contribution is -2.27. The molecule has 0 saturated carbocycles. The average molecular weight is 397 g/mol. The summed E-state index contributed by atoms with van der Waals surface area (Å²) in [4.78, 5) is 31.6. The molecule has 2 N–H and O–H groups in total. The molecular weight excluding hydrogens is 374 g/mol. The Morgan fingerprint density at radius 2 is 1.87 bits per heavy atom. The summed E-state index contributed by atoms with van der Waals surface area (Å²) in [5.41, 5.74) is 10.1. The number of allylic oxidation sites excluding steroid dienone is 3. The van der Waals surface area contributed by atoms with Gasteiger partial charge in [0, 0.05) is 29.9 Å². The highest BCUT2D eigenvalue weighted by atomic mass is 16.1. The van der Waals surface area contributed by atoms with Crippen molar-refractivity contribution >= 4 is 22.6 Å². The lowest BCUT2D eigenvalue weighted by atomic mass is 9.99. The second-order valence-electron chi connectivity index (χ2n) is 7.39. The predicted molar refractivity (Wildman–Crippen MR) is 118 cm³/mol. The molecule has 0 saturated heterocycles. The van der Waals surface area contributed by atoms with E-state index in [2.05, 4.69) is 4.98 Å². The number of para-hydroxylation sites is 1. The van der Waals surface area contributed by atoms with Crippen LogP contribution in [0.5, 0.6) is 0 Å². The molecule has 1 aromatic heterocycles. The molecule has 4 rings (SSSR count). The highest BCUT2D eigenvalue weighted by Crippen LogP contribution is 2.23. The number of aromatic nitrogens is 1. The maximum atomic E-state index is 13.1. The zero-order valence-corrected chi connectivity index (χ0v) is 16.8. The maximum absolute atomic E-state index is 13.1. The van der Waals surface area contributed by atoms with E-state index in [0.29, 0.717) is 36.2 Å². The Balaban J connectivity index is 1.59. The first-order valence-electron chi connectivity index (χ1n) is 9.96. The number of carbonyl (C=O) groups excluding carboxylic acids is 2. The smallest absolute Gasteiger partial charge is 0.249 e. The summed E-state index contributed by atoms with van der Waals surface area (Å²) in [7, 11) is 0. The lowest BCUT2D eigenvalue weighted by Gasteiger charge is -2.26. The lowest BCUT2D eigenvalue weighted by molar-refractivity contribution is 0.0990. The standard InChI is InChI=1S/C25H23N3O2/c1-17-9-11-18(12-10-17)24(29)22-8-4-5-14-28(22)15-13-19-16-27-21-7-3-2-6-20(21)23(19)25(26)30/h2-3,5-12,14,16H,4,13,15H2,1H3,(H2,26,30). The second kappa shape index (κ2) is 8.33. The monoisotopic (exact) mass is 397 g/mol. The Morgan fingerprint density at radius 3 is 2.63 bits per heavy atom. The van der Waals surface area contributed by atoms with Gasteiger partial charge in [-0.2, -0.15) is 0 Å². The molecule has 0 spiro atoms. The minimum absolute atomic E-state index is 0.00823. The molecule has 30 heavy (non-hydrogen) atoms. The number of aryl methyl sites for hydroxylation is 1. The van der Waals surface area contributed by atoms with Crippen molar-refractivity contribution in [3.63, 3.8) is 0 Å². The molecule has 5 nitrogen and oxygen atoms in total. The van der Waals surface area contributed by atoms with E-state index in [9.17, 15) is 9.59 Å². The van der Waals surface area contributed by atoms with Crippen molar-refractivity contribution in [2.24, 2.45) is 5.73 Å². The summed E-state index contributed by atoms with van der Waals surface area (Å²) >= 11 is 0. The molecule has 150 valence electrons. The number of nitrogens with zero attached hydrogens (tertiary/aromatic N) is 2. The highest BCUT2D eigenvalue weighted by molar-refractivity contribution is 6.08. The third-order valence-electron chi connectivity index (χ3n) is 5.31. The first-order chi connectivity index (χ1) is 14.5. The minimum Gasteiger partial charge on any atom is -0.366 e. The van der Waals surface area contributed by atoms with Gasteiger partial charge in [-0.05, 0) is 31.4 Å². The Kier molecular flexibility index (Phi) is 5.44. The number of fused-ring (bicyclic) bond motifs is 1. The van der Waals surface area contributed by atoms with Crippen LogP contribution in [-0.2, 0) is 6.42 Å². The topological polar surface area (TPSA) is 76.3 Å². The summed E-state index contributed by atoms with van der Waals surface area (Å²) in [6.07, 6.45) is 8.85. The SMILES string of the molecule is Cc1ccc(C(=O)C2=CCC=CN2CCc2cnc3ccccc3c2C(N)=O)cc1. The van der Waals surface area contributed by atoms with Crippen molar-refractivity contribution in [3.8, 4) is 0 Å². The fourth-order valence-corrected chi connectivity index (χ4v) is 3.74. The van der Waals surface area contributed by atoms with Crippen molar-refractivity contribution in [3.05, 3.63) is 101 Å². The molecule has 3 aromatic rings. The van der Waals surface area contributed by atoms with Gasteiger partial charge < -0.3 is 10.6 Å². The van der Waals surface area contributed by atoms with Crippen LogP contribution in [0.2, 0.25) is 0 Å². The molecule has 0 bridgehead atoms. The van der Waals surface area contributed by atoms with E-state index >= 15 is 0 Å². The van der Waals surface area contributed by atoms with Gasteiger partial charge in [-0.3, -0.25) is 14.6 Å². The molecular formula is C25H23N3O2.